The zero-order chi connectivity index (χ0) is 43.5. The largest absolute Gasteiger partial charge is 0.369 e. The molecule has 0 aromatic heterocycles. The highest BCUT2D eigenvalue weighted by molar-refractivity contribution is 8.00. The monoisotopic (exact) mass is 892 g/mol. The van der Waals surface area contributed by atoms with Crippen LogP contribution < -0.4 is 26.6 Å². The molecule has 326 valence electrons. The van der Waals surface area contributed by atoms with Crippen LogP contribution in [-0.4, -0.2) is 105 Å². The van der Waals surface area contributed by atoms with Gasteiger partial charge in [0, 0.05) is 29.2 Å². The molecule has 0 bridgehead atoms. The van der Waals surface area contributed by atoms with Crippen molar-refractivity contribution in [1.29, 1.82) is 0 Å². The SMILES string of the molecule is CN[C@@H](C)C(=S)N[C@H]1CCS[C@H]2CC(C)(C)[C@@H](C(=O)Cc3ccc(CCc4ccc(NC(=O)C5N6C(=O)[C@@H](NC(=S)[C@H](C)NC)CCS[C@H]6CC5(C)C)cc4)cc3)C2C1=O. The maximum Gasteiger partial charge on any atom is 0.247 e. The summed E-state index contributed by atoms with van der Waals surface area (Å²) in [6.45, 7) is 12.4. The molecule has 3 aliphatic heterocycles. The van der Waals surface area contributed by atoms with Gasteiger partial charge in [0.2, 0.25) is 11.8 Å². The minimum atomic E-state index is -0.607. The molecule has 1 aliphatic carbocycles. The van der Waals surface area contributed by atoms with Crippen molar-refractivity contribution in [3.05, 3.63) is 65.2 Å². The number of thioether (sulfide) groups is 2. The lowest BCUT2D eigenvalue weighted by molar-refractivity contribution is -0.140. The first-order valence-corrected chi connectivity index (χ1v) is 24.4. The zero-order valence-electron chi connectivity index (χ0n) is 36.4. The molecule has 0 radical (unpaired) electrons. The van der Waals surface area contributed by atoms with E-state index in [9.17, 15) is 19.2 Å². The van der Waals surface area contributed by atoms with Crippen LogP contribution in [0.3, 0.4) is 0 Å². The first-order valence-electron chi connectivity index (χ1n) is 21.5. The molecule has 3 saturated heterocycles. The van der Waals surface area contributed by atoms with E-state index in [2.05, 4.69) is 78.5 Å². The van der Waals surface area contributed by atoms with Crippen molar-refractivity contribution < 1.29 is 19.2 Å². The first-order chi connectivity index (χ1) is 28.4. The van der Waals surface area contributed by atoms with Gasteiger partial charge in [-0.3, -0.25) is 19.2 Å². The van der Waals surface area contributed by atoms with Crippen molar-refractivity contribution in [3.63, 3.8) is 0 Å². The summed E-state index contributed by atoms with van der Waals surface area (Å²) in [5.74, 6) is 1.05. The Balaban J connectivity index is 1.04. The molecular weight excluding hydrogens is 829 g/mol. The second-order valence-corrected chi connectivity index (χ2v) is 22.1. The highest BCUT2D eigenvalue weighted by Crippen LogP contribution is 2.53. The summed E-state index contributed by atoms with van der Waals surface area (Å²) >= 11 is 14.8. The third kappa shape index (κ3) is 10.5. The predicted molar refractivity (Wildman–Crippen MR) is 255 cm³/mol. The number of amides is 2. The minimum absolute atomic E-state index is 0.0348. The van der Waals surface area contributed by atoms with Gasteiger partial charge in [-0.15, -0.1) is 11.8 Å². The predicted octanol–water partition coefficient (Wildman–Crippen LogP) is 6.14. The maximum absolute atomic E-state index is 14.1. The fourth-order valence-corrected chi connectivity index (χ4v) is 13.4. The molecule has 10 nitrogen and oxygen atoms in total. The van der Waals surface area contributed by atoms with Crippen molar-refractivity contribution in [1.82, 2.24) is 26.2 Å². The number of hydrogen-bond acceptors (Lipinski definition) is 10. The van der Waals surface area contributed by atoms with E-state index in [0.29, 0.717) is 34.9 Å². The molecule has 2 amide bonds. The Morgan fingerprint density at radius 2 is 1.30 bits per heavy atom. The molecule has 2 aromatic rings. The second kappa shape index (κ2) is 19.7. The van der Waals surface area contributed by atoms with Crippen molar-refractivity contribution in [3.8, 4) is 0 Å². The Kier molecular flexibility index (Phi) is 15.3. The summed E-state index contributed by atoms with van der Waals surface area (Å²) in [6.07, 6.45) is 4.91. The lowest BCUT2D eigenvalue weighted by Gasteiger charge is -2.34. The summed E-state index contributed by atoms with van der Waals surface area (Å²) in [7, 11) is 3.69. The summed E-state index contributed by atoms with van der Waals surface area (Å²) in [6, 6.07) is 14.7. The number of nitrogens with zero attached hydrogens (tertiary/aromatic N) is 1. The molecule has 60 heavy (non-hydrogen) atoms. The number of thiocarbonyl (C=S) groups is 2. The molecule has 0 spiro atoms. The van der Waals surface area contributed by atoms with Crippen molar-refractivity contribution in [2.75, 3.05) is 30.9 Å². The number of aryl methyl sites for hydroxylation is 2. The van der Waals surface area contributed by atoms with Gasteiger partial charge < -0.3 is 31.5 Å². The van der Waals surface area contributed by atoms with Gasteiger partial charge in [-0.1, -0.05) is 88.5 Å². The zero-order valence-corrected chi connectivity index (χ0v) is 39.7. The van der Waals surface area contributed by atoms with Crippen LogP contribution in [0.5, 0.6) is 0 Å². The van der Waals surface area contributed by atoms with Crippen LogP contribution in [0.25, 0.3) is 0 Å². The minimum Gasteiger partial charge on any atom is -0.369 e. The lowest BCUT2D eigenvalue weighted by Crippen LogP contribution is -2.56. The van der Waals surface area contributed by atoms with E-state index >= 15 is 0 Å². The molecule has 5 N–H and O–H groups in total. The first kappa shape index (κ1) is 46.6. The number of likely N-dealkylation sites (N-methyl/N-ethyl adjacent to an activating group) is 2. The topological polar surface area (TPSA) is 132 Å². The van der Waals surface area contributed by atoms with Crippen LogP contribution in [0.1, 0.15) is 83.9 Å². The molecule has 2 aromatic carbocycles. The van der Waals surface area contributed by atoms with Gasteiger partial charge in [0.1, 0.15) is 17.9 Å². The van der Waals surface area contributed by atoms with E-state index < -0.39 is 17.5 Å². The Morgan fingerprint density at radius 3 is 1.90 bits per heavy atom. The number of anilines is 1. The van der Waals surface area contributed by atoms with Crippen LogP contribution in [0, 0.1) is 22.7 Å². The molecule has 3 heterocycles. The van der Waals surface area contributed by atoms with E-state index in [-0.39, 0.29) is 69.4 Å². The van der Waals surface area contributed by atoms with Crippen molar-refractivity contribution in [2.24, 2.45) is 22.7 Å². The van der Waals surface area contributed by atoms with Crippen LogP contribution in [0.4, 0.5) is 5.69 Å². The average molecular weight is 893 g/mol. The third-order valence-electron chi connectivity index (χ3n) is 13.2. The number of Topliss-reactive ketones (excluding diaryl/α,β-unsaturated/α-hetero) is 2. The summed E-state index contributed by atoms with van der Waals surface area (Å²) in [4.78, 5) is 59.2. The number of ketones is 2. The molecule has 4 fully saturated rings. The molecule has 14 heteroatoms. The average Bonchev–Trinajstić information content (AvgIpc) is 3.53. The highest BCUT2D eigenvalue weighted by atomic mass is 32.2. The molecule has 6 rings (SSSR count). The van der Waals surface area contributed by atoms with E-state index in [4.69, 9.17) is 24.4 Å². The normalized spacial score (nSPS) is 28.1. The molecule has 9 atom stereocenters. The molecular formula is C46H64N6O4S4. The number of carbonyl (C=O) groups is 4. The van der Waals surface area contributed by atoms with Gasteiger partial charge in [0.05, 0.1) is 33.5 Å². The number of hydrogen-bond donors (Lipinski definition) is 5. The lowest BCUT2D eigenvalue weighted by atomic mass is 9.72. The molecule has 2 unspecified atom stereocenters. The smallest absolute Gasteiger partial charge is 0.247 e. The van der Waals surface area contributed by atoms with Crippen LogP contribution >= 0.6 is 48.0 Å². The van der Waals surface area contributed by atoms with Gasteiger partial charge in [-0.05, 0) is 118 Å². The Hall–Kier alpha value is -2.88. The third-order valence-corrected chi connectivity index (χ3v) is 16.8. The van der Waals surface area contributed by atoms with Crippen molar-refractivity contribution >= 4 is 87.0 Å². The quantitative estimate of drug-likeness (QED) is 0.140. The van der Waals surface area contributed by atoms with Crippen LogP contribution in [-0.2, 0) is 38.4 Å². The van der Waals surface area contributed by atoms with Crippen LogP contribution in [0.15, 0.2) is 48.5 Å². The van der Waals surface area contributed by atoms with E-state index in [1.807, 2.05) is 68.9 Å². The second-order valence-electron chi connectivity index (χ2n) is 18.5. The van der Waals surface area contributed by atoms with Gasteiger partial charge in [0.15, 0.2) is 5.78 Å². The summed E-state index contributed by atoms with van der Waals surface area (Å²) in [5, 5.41) is 16.1. The number of fused-ring (bicyclic) bond motifs is 2. The molecule has 1 saturated carbocycles. The van der Waals surface area contributed by atoms with Crippen LogP contribution in [0.2, 0.25) is 0 Å². The van der Waals surface area contributed by atoms with Crippen molar-refractivity contribution in [2.45, 2.75) is 127 Å². The number of benzene rings is 2. The van der Waals surface area contributed by atoms with Gasteiger partial charge in [0.25, 0.3) is 0 Å². The fourth-order valence-electron chi connectivity index (χ4n) is 9.57. The van der Waals surface area contributed by atoms with Gasteiger partial charge >= 0.3 is 0 Å². The Morgan fingerprint density at radius 1 is 0.767 bits per heavy atom. The molecule has 4 aliphatic rings. The highest BCUT2D eigenvalue weighted by Gasteiger charge is 2.56. The number of carbonyl (C=O) groups excluding carboxylic acids is 4. The number of nitrogens with one attached hydrogen (secondary N) is 5. The summed E-state index contributed by atoms with van der Waals surface area (Å²) in [5.41, 5.74) is 3.32. The fraction of sp³-hybridized carbons (Fsp3) is 0.609. The standard InChI is InChI=1S/C46H64N6O4S4/c1-26(47-7)42(57)50-32-19-21-59-35-24-45(3,4)38(37(35)39(32)54)34(53)23-30-13-11-28(12-14-30)9-10-29-15-17-31(18-16-29)49-41(55)40-46(5,6)25-36-52(40)44(56)33(20-22-60-36)51-43(58)27(2)48-8/h11-18,26-27,32-33,35-38,40,47-48H,9-10,19-25H2,1-8H3,(H,49,55)(H,50,57)(H,51,58)/t26-,27-,32-,33-,35-,36-,37?,38-,40?/m0/s1. The van der Waals surface area contributed by atoms with E-state index in [1.165, 1.54) is 5.56 Å². The number of rotatable bonds is 14. The summed E-state index contributed by atoms with van der Waals surface area (Å²) < 4.78 is 0. The maximum atomic E-state index is 14.1. The van der Waals surface area contributed by atoms with Gasteiger partial charge in [-0.2, -0.15) is 11.8 Å². The van der Waals surface area contributed by atoms with Gasteiger partial charge in [-0.25, -0.2) is 0 Å². The Bertz CT molecular complexity index is 1790. The van der Waals surface area contributed by atoms with E-state index in [0.717, 1.165) is 48.3 Å². The Labute approximate surface area is 376 Å². The van der Waals surface area contributed by atoms with E-state index in [1.54, 1.807) is 11.8 Å².